The summed E-state index contributed by atoms with van der Waals surface area (Å²) in [5.74, 6) is 0.767. The van der Waals surface area contributed by atoms with E-state index < -0.39 is 5.41 Å². The molecule has 2 aromatic rings. The van der Waals surface area contributed by atoms with Crippen LogP contribution in [0.5, 0.6) is 5.75 Å². The number of hydrogen-bond acceptors (Lipinski definition) is 3. The maximum absolute atomic E-state index is 13.1. The lowest BCUT2D eigenvalue weighted by atomic mass is 9.73. The van der Waals surface area contributed by atoms with Crippen molar-refractivity contribution in [3.05, 3.63) is 72.8 Å². The zero-order chi connectivity index (χ0) is 17.5. The summed E-state index contributed by atoms with van der Waals surface area (Å²) in [5, 5.41) is 3.06. The Balaban J connectivity index is 1.78. The molecule has 0 saturated carbocycles. The van der Waals surface area contributed by atoms with Gasteiger partial charge in [-0.05, 0) is 42.7 Å². The Morgan fingerprint density at radius 1 is 1.12 bits per heavy atom. The molecule has 3 rings (SSSR count). The first-order valence-electron chi connectivity index (χ1n) is 8.53. The number of amides is 1. The summed E-state index contributed by atoms with van der Waals surface area (Å²) in [5.41, 5.74) is 1.26. The Labute approximate surface area is 148 Å². The molecule has 4 nitrogen and oxygen atoms in total. The standard InChI is InChI=1S/C21H23NO3/c1-2-14-25-19-10-8-18(9-11-19)22-20(23)21(12-15-24-16-13-21)17-6-4-3-5-7-17/h2-11H,1,12-16H2,(H,22,23). The molecule has 0 bridgehead atoms. The molecule has 1 aliphatic heterocycles. The summed E-state index contributed by atoms with van der Waals surface area (Å²) in [6.45, 7) is 5.28. The number of hydrogen-bond donors (Lipinski definition) is 1. The van der Waals surface area contributed by atoms with E-state index in [1.165, 1.54) is 0 Å². The van der Waals surface area contributed by atoms with Crippen molar-refractivity contribution >= 4 is 11.6 Å². The molecule has 0 radical (unpaired) electrons. The molecular formula is C21H23NO3. The van der Waals surface area contributed by atoms with Gasteiger partial charge in [0.05, 0.1) is 5.41 Å². The van der Waals surface area contributed by atoms with Crippen LogP contribution in [-0.2, 0) is 14.9 Å². The largest absolute Gasteiger partial charge is 0.490 e. The van der Waals surface area contributed by atoms with Crippen molar-refractivity contribution in [2.24, 2.45) is 0 Å². The minimum Gasteiger partial charge on any atom is -0.490 e. The van der Waals surface area contributed by atoms with Crippen LogP contribution < -0.4 is 10.1 Å². The Hall–Kier alpha value is -2.59. The molecule has 0 spiro atoms. The van der Waals surface area contributed by atoms with E-state index in [0.717, 1.165) is 17.0 Å². The number of rotatable bonds is 6. The third kappa shape index (κ3) is 3.91. The van der Waals surface area contributed by atoms with Gasteiger partial charge in [0.1, 0.15) is 12.4 Å². The molecule has 130 valence electrons. The van der Waals surface area contributed by atoms with Crippen LogP contribution in [-0.4, -0.2) is 25.7 Å². The predicted octanol–water partition coefficient (Wildman–Crippen LogP) is 3.94. The van der Waals surface area contributed by atoms with E-state index in [9.17, 15) is 4.79 Å². The monoisotopic (exact) mass is 337 g/mol. The van der Waals surface area contributed by atoms with Gasteiger partial charge in [-0.1, -0.05) is 43.0 Å². The summed E-state index contributed by atoms with van der Waals surface area (Å²) >= 11 is 0. The average Bonchev–Trinajstić information content (AvgIpc) is 2.68. The fraction of sp³-hybridized carbons (Fsp3) is 0.286. The van der Waals surface area contributed by atoms with Gasteiger partial charge in [-0.2, -0.15) is 0 Å². The zero-order valence-corrected chi connectivity index (χ0v) is 14.2. The molecule has 0 aliphatic carbocycles. The van der Waals surface area contributed by atoms with Crippen molar-refractivity contribution in [2.75, 3.05) is 25.1 Å². The van der Waals surface area contributed by atoms with E-state index in [0.29, 0.717) is 32.7 Å². The topological polar surface area (TPSA) is 47.6 Å². The van der Waals surface area contributed by atoms with Gasteiger partial charge in [-0.15, -0.1) is 0 Å². The van der Waals surface area contributed by atoms with Gasteiger partial charge >= 0.3 is 0 Å². The lowest BCUT2D eigenvalue weighted by molar-refractivity contribution is -0.125. The van der Waals surface area contributed by atoms with Gasteiger partial charge in [-0.25, -0.2) is 0 Å². The van der Waals surface area contributed by atoms with Crippen LogP contribution in [0.4, 0.5) is 5.69 Å². The summed E-state index contributed by atoms with van der Waals surface area (Å²) in [4.78, 5) is 13.1. The maximum Gasteiger partial charge on any atom is 0.235 e. The highest BCUT2D eigenvalue weighted by molar-refractivity contribution is 5.99. The lowest BCUT2D eigenvalue weighted by Crippen LogP contribution is -2.44. The first-order chi connectivity index (χ1) is 12.2. The summed E-state index contributed by atoms with van der Waals surface area (Å²) in [6, 6.07) is 17.4. The second kappa shape index (κ2) is 7.99. The van der Waals surface area contributed by atoms with Gasteiger partial charge in [-0.3, -0.25) is 4.79 Å². The summed E-state index contributed by atoms with van der Waals surface area (Å²) < 4.78 is 11.0. The molecule has 2 aromatic carbocycles. The van der Waals surface area contributed by atoms with Crippen molar-refractivity contribution in [1.29, 1.82) is 0 Å². The first-order valence-corrected chi connectivity index (χ1v) is 8.53. The SMILES string of the molecule is C=CCOc1ccc(NC(=O)C2(c3ccccc3)CCOCC2)cc1. The fourth-order valence-electron chi connectivity index (χ4n) is 3.16. The van der Waals surface area contributed by atoms with Gasteiger partial charge in [0.25, 0.3) is 0 Å². The zero-order valence-electron chi connectivity index (χ0n) is 14.2. The second-order valence-corrected chi connectivity index (χ2v) is 6.14. The molecule has 25 heavy (non-hydrogen) atoms. The van der Waals surface area contributed by atoms with Crippen molar-refractivity contribution in [3.8, 4) is 5.75 Å². The number of nitrogens with one attached hydrogen (secondary N) is 1. The van der Waals surface area contributed by atoms with Crippen molar-refractivity contribution in [1.82, 2.24) is 0 Å². The quantitative estimate of drug-likeness (QED) is 0.812. The van der Waals surface area contributed by atoms with Crippen molar-refractivity contribution < 1.29 is 14.3 Å². The van der Waals surface area contributed by atoms with Gasteiger partial charge in [0, 0.05) is 18.9 Å². The molecule has 1 saturated heterocycles. The predicted molar refractivity (Wildman–Crippen MR) is 98.9 cm³/mol. The second-order valence-electron chi connectivity index (χ2n) is 6.14. The highest BCUT2D eigenvalue weighted by Crippen LogP contribution is 2.36. The van der Waals surface area contributed by atoms with Gasteiger partial charge in [0.2, 0.25) is 5.91 Å². The van der Waals surface area contributed by atoms with E-state index in [4.69, 9.17) is 9.47 Å². The highest BCUT2D eigenvalue weighted by atomic mass is 16.5. The van der Waals surface area contributed by atoms with E-state index in [2.05, 4.69) is 11.9 Å². The van der Waals surface area contributed by atoms with Crippen molar-refractivity contribution in [3.63, 3.8) is 0 Å². The molecule has 0 unspecified atom stereocenters. The molecule has 1 fully saturated rings. The molecule has 1 aliphatic rings. The number of anilines is 1. The molecule has 1 amide bonds. The number of carbonyl (C=O) groups is 1. The summed E-state index contributed by atoms with van der Waals surface area (Å²) in [7, 11) is 0. The van der Waals surface area contributed by atoms with Crippen LogP contribution in [0.1, 0.15) is 18.4 Å². The number of carbonyl (C=O) groups excluding carboxylic acids is 1. The smallest absolute Gasteiger partial charge is 0.235 e. The van der Waals surface area contributed by atoms with Crippen LogP contribution in [0.2, 0.25) is 0 Å². The van der Waals surface area contributed by atoms with Crippen molar-refractivity contribution in [2.45, 2.75) is 18.3 Å². The number of benzene rings is 2. The third-order valence-electron chi connectivity index (χ3n) is 4.59. The van der Waals surface area contributed by atoms with Gasteiger partial charge in [0.15, 0.2) is 0 Å². The minimum absolute atomic E-state index is 0.0155. The Morgan fingerprint density at radius 2 is 1.80 bits per heavy atom. The fourth-order valence-corrected chi connectivity index (χ4v) is 3.16. The third-order valence-corrected chi connectivity index (χ3v) is 4.59. The molecule has 4 heteroatoms. The number of ether oxygens (including phenoxy) is 2. The van der Waals surface area contributed by atoms with Gasteiger partial charge < -0.3 is 14.8 Å². The first kappa shape index (κ1) is 17.2. The normalized spacial score (nSPS) is 16.0. The molecular weight excluding hydrogens is 314 g/mol. The Morgan fingerprint density at radius 3 is 2.44 bits per heavy atom. The van der Waals surface area contributed by atoms with Crippen LogP contribution in [0, 0.1) is 0 Å². The van der Waals surface area contributed by atoms with Crippen LogP contribution in [0.15, 0.2) is 67.3 Å². The van der Waals surface area contributed by atoms with Crippen LogP contribution in [0.3, 0.4) is 0 Å². The minimum atomic E-state index is -0.544. The lowest BCUT2D eigenvalue weighted by Gasteiger charge is -2.36. The molecule has 1 heterocycles. The van der Waals surface area contributed by atoms with E-state index in [1.807, 2.05) is 54.6 Å². The Bertz CT molecular complexity index is 704. The summed E-state index contributed by atoms with van der Waals surface area (Å²) in [6.07, 6.45) is 3.07. The van der Waals surface area contributed by atoms with E-state index >= 15 is 0 Å². The molecule has 1 N–H and O–H groups in total. The van der Waals surface area contributed by atoms with E-state index in [-0.39, 0.29) is 5.91 Å². The molecule has 0 aromatic heterocycles. The van der Waals surface area contributed by atoms with E-state index in [1.54, 1.807) is 6.08 Å². The maximum atomic E-state index is 13.1. The van der Waals surface area contributed by atoms with Crippen LogP contribution in [0.25, 0.3) is 0 Å². The average molecular weight is 337 g/mol. The molecule has 0 atom stereocenters. The highest BCUT2D eigenvalue weighted by Gasteiger charge is 2.41. The Kier molecular flexibility index (Phi) is 5.51. The van der Waals surface area contributed by atoms with Crippen LogP contribution >= 0.6 is 0 Å².